The predicted molar refractivity (Wildman–Crippen MR) is 71.2 cm³/mol. The quantitative estimate of drug-likeness (QED) is 0.600. The molecule has 4 nitrogen and oxygen atoms in total. The molecule has 100 valence electrons. The van der Waals surface area contributed by atoms with E-state index in [9.17, 15) is 10.1 Å². The van der Waals surface area contributed by atoms with Crippen molar-refractivity contribution in [1.29, 1.82) is 5.26 Å². The fourth-order valence-corrected chi connectivity index (χ4v) is 3.67. The van der Waals surface area contributed by atoms with E-state index in [0.29, 0.717) is 6.42 Å². The van der Waals surface area contributed by atoms with E-state index < -0.39 is 16.9 Å². The van der Waals surface area contributed by atoms with E-state index in [1.54, 1.807) is 5.01 Å². The van der Waals surface area contributed by atoms with Gasteiger partial charge in [0.25, 0.3) is 0 Å². The van der Waals surface area contributed by atoms with E-state index in [4.69, 9.17) is 5.84 Å². The van der Waals surface area contributed by atoms with Crippen LogP contribution in [0.2, 0.25) is 0 Å². The minimum Gasteiger partial charge on any atom is -0.294 e. The monoisotopic (exact) mass is 249 g/mol. The number of nitriles is 1. The third kappa shape index (κ3) is 1.98. The summed E-state index contributed by atoms with van der Waals surface area (Å²) in [5, 5.41) is 11.2. The first kappa shape index (κ1) is 14.9. The summed E-state index contributed by atoms with van der Waals surface area (Å²) in [4.78, 5) is 12.2. The zero-order valence-electron chi connectivity index (χ0n) is 11.9. The molecule has 0 aromatic rings. The van der Waals surface area contributed by atoms with Crippen LogP contribution < -0.4 is 5.84 Å². The van der Waals surface area contributed by atoms with Crippen molar-refractivity contribution in [2.45, 2.75) is 52.1 Å². The molecule has 1 fully saturated rings. The molecule has 2 atom stereocenters. The van der Waals surface area contributed by atoms with Crippen molar-refractivity contribution in [3.05, 3.63) is 12.7 Å². The van der Waals surface area contributed by atoms with Gasteiger partial charge in [-0.1, -0.05) is 6.58 Å². The Balaban J connectivity index is 3.42. The molecule has 0 amide bonds. The number of nitrogens with zero attached hydrogens (tertiary/aromatic N) is 2. The summed E-state index contributed by atoms with van der Waals surface area (Å²) < 4.78 is 0. The summed E-state index contributed by atoms with van der Waals surface area (Å²) in [6.07, 6.45) is 1.86. The van der Waals surface area contributed by atoms with Gasteiger partial charge < -0.3 is 0 Å². The van der Waals surface area contributed by atoms with E-state index in [1.807, 2.05) is 34.6 Å². The molecule has 1 saturated heterocycles. The Labute approximate surface area is 109 Å². The van der Waals surface area contributed by atoms with Crippen molar-refractivity contribution in [3.63, 3.8) is 0 Å². The maximum atomic E-state index is 12.2. The highest BCUT2D eigenvalue weighted by molar-refractivity contribution is 5.93. The molecule has 0 bridgehead atoms. The van der Waals surface area contributed by atoms with Crippen molar-refractivity contribution in [2.24, 2.45) is 17.2 Å². The zero-order chi connectivity index (χ0) is 14.4. The minimum atomic E-state index is -0.728. The first-order chi connectivity index (χ1) is 8.03. The Kier molecular flexibility index (Phi) is 3.46. The smallest absolute Gasteiger partial charge is 0.161 e. The van der Waals surface area contributed by atoms with Gasteiger partial charge in [0.15, 0.2) is 5.78 Å². The van der Waals surface area contributed by atoms with E-state index in [0.717, 1.165) is 0 Å². The average molecular weight is 249 g/mol. The molecular weight excluding hydrogens is 226 g/mol. The average Bonchev–Trinajstić information content (AvgIpc) is 2.25. The van der Waals surface area contributed by atoms with Gasteiger partial charge in [-0.2, -0.15) is 5.26 Å². The molecule has 0 radical (unpaired) electrons. The summed E-state index contributed by atoms with van der Waals surface area (Å²) in [6.45, 7) is 13.2. The number of carbonyl (C=O) groups excluding carboxylic acids is 1. The van der Waals surface area contributed by atoms with Crippen LogP contribution in [0.3, 0.4) is 0 Å². The van der Waals surface area contributed by atoms with Gasteiger partial charge in [0.05, 0.1) is 17.4 Å². The van der Waals surface area contributed by atoms with Crippen LogP contribution >= 0.6 is 0 Å². The number of hydrazine groups is 1. The Bertz CT molecular complexity index is 419. The van der Waals surface area contributed by atoms with Gasteiger partial charge in [0, 0.05) is 11.1 Å². The number of hydrogen-bond acceptors (Lipinski definition) is 4. The van der Waals surface area contributed by atoms with Gasteiger partial charge in [-0.25, -0.2) is 5.01 Å². The summed E-state index contributed by atoms with van der Waals surface area (Å²) in [5.74, 6) is 5.60. The fraction of sp³-hybridized carbons (Fsp3) is 0.714. The molecule has 0 saturated carbocycles. The van der Waals surface area contributed by atoms with Crippen LogP contribution in [0.5, 0.6) is 0 Å². The number of piperidine rings is 1. The SMILES string of the molecule is C=CC(=O)C1C(C)(C#N)CC(C)(C)N(N)C1(C)C. The number of ketones is 1. The van der Waals surface area contributed by atoms with Gasteiger partial charge in [0.1, 0.15) is 0 Å². The minimum absolute atomic E-state index is 0.116. The fourth-order valence-electron chi connectivity index (χ4n) is 3.67. The van der Waals surface area contributed by atoms with E-state index >= 15 is 0 Å². The van der Waals surface area contributed by atoms with Gasteiger partial charge in [0.2, 0.25) is 0 Å². The molecule has 0 aromatic heterocycles. The second kappa shape index (κ2) is 4.18. The number of carbonyl (C=O) groups is 1. The molecule has 0 spiro atoms. The number of rotatable bonds is 2. The molecule has 1 rings (SSSR count). The summed E-state index contributed by atoms with van der Waals surface area (Å²) in [7, 11) is 0. The molecule has 0 aromatic carbocycles. The Morgan fingerprint density at radius 3 is 2.33 bits per heavy atom. The maximum absolute atomic E-state index is 12.2. The largest absolute Gasteiger partial charge is 0.294 e. The Hall–Kier alpha value is -1.18. The molecule has 4 heteroatoms. The topological polar surface area (TPSA) is 70.1 Å². The molecule has 2 unspecified atom stereocenters. The summed E-state index contributed by atoms with van der Waals surface area (Å²) >= 11 is 0. The molecule has 1 heterocycles. The van der Waals surface area contributed by atoms with E-state index in [2.05, 4.69) is 12.6 Å². The normalized spacial score (nSPS) is 34.6. The molecular formula is C14H23N3O. The molecule has 2 N–H and O–H groups in total. The van der Waals surface area contributed by atoms with Gasteiger partial charge in [-0.05, 0) is 47.1 Å². The molecule has 1 aliphatic rings. The highest BCUT2D eigenvalue weighted by Crippen LogP contribution is 2.50. The third-order valence-electron chi connectivity index (χ3n) is 4.16. The van der Waals surface area contributed by atoms with Crippen molar-refractivity contribution in [3.8, 4) is 6.07 Å². The van der Waals surface area contributed by atoms with Crippen LogP contribution in [-0.2, 0) is 4.79 Å². The van der Waals surface area contributed by atoms with Crippen molar-refractivity contribution in [1.82, 2.24) is 5.01 Å². The second-order valence-electron chi connectivity index (χ2n) is 6.58. The van der Waals surface area contributed by atoms with Crippen LogP contribution in [0.25, 0.3) is 0 Å². The molecule has 18 heavy (non-hydrogen) atoms. The van der Waals surface area contributed by atoms with Crippen LogP contribution in [0, 0.1) is 22.7 Å². The van der Waals surface area contributed by atoms with Crippen LogP contribution in [0.1, 0.15) is 41.0 Å². The zero-order valence-corrected chi connectivity index (χ0v) is 11.9. The van der Waals surface area contributed by atoms with Crippen LogP contribution in [-0.4, -0.2) is 21.9 Å². The van der Waals surface area contributed by atoms with Crippen molar-refractivity contribution in [2.75, 3.05) is 0 Å². The molecule has 0 aliphatic carbocycles. The number of hydrogen-bond donors (Lipinski definition) is 1. The lowest BCUT2D eigenvalue weighted by atomic mass is 9.58. The Morgan fingerprint density at radius 2 is 1.94 bits per heavy atom. The lowest BCUT2D eigenvalue weighted by molar-refractivity contribution is -0.146. The lowest BCUT2D eigenvalue weighted by Crippen LogP contribution is -2.71. The molecule has 1 aliphatic heterocycles. The van der Waals surface area contributed by atoms with Crippen LogP contribution in [0.15, 0.2) is 12.7 Å². The Morgan fingerprint density at radius 1 is 1.44 bits per heavy atom. The van der Waals surface area contributed by atoms with Gasteiger partial charge in [-0.15, -0.1) is 0 Å². The van der Waals surface area contributed by atoms with Gasteiger partial charge in [-0.3, -0.25) is 10.6 Å². The third-order valence-corrected chi connectivity index (χ3v) is 4.16. The second-order valence-corrected chi connectivity index (χ2v) is 6.58. The highest BCUT2D eigenvalue weighted by atomic mass is 16.1. The van der Waals surface area contributed by atoms with Gasteiger partial charge >= 0.3 is 0 Å². The van der Waals surface area contributed by atoms with Crippen molar-refractivity contribution >= 4 is 5.78 Å². The lowest BCUT2D eigenvalue weighted by Gasteiger charge is -2.58. The first-order valence-electron chi connectivity index (χ1n) is 6.15. The highest BCUT2D eigenvalue weighted by Gasteiger charge is 2.58. The summed E-state index contributed by atoms with van der Waals surface area (Å²) in [5.41, 5.74) is -1.64. The number of allylic oxidation sites excluding steroid dienone is 1. The summed E-state index contributed by atoms with van der Waals surface area (Å²) in [6, 6.07) is 2.33. The first-order valence-corrected chi connectivity index (χ1v) is 6.15. The van der Waals surface area contributed by atoms with E-state index in [-0.39, 0.29) is 11.3 Å². The van der Waals surface area contributed by atoms with E-state index in [1.165, 1.54) is 6.08 Å². The number of nitrogens with two attached hydrogens (primary N) is 1. The van der Waals surface area contributed by atoms with Crippen molar-refractivity contribution < 1.29 is 4.79 Å². The van der Waals surface area contributed by atoms with Crippen LogP contribution in [0.4, 0.5) is 0 Å². The predicted octanol–water partition coefficient (Wildman–Crippen LogP) is 2.02. The standard InChI is InChI=1S/C14H23N3O/c1-7-10(18)11-13(4,5)17(16)12(2,3)8-14(11,6)9-15/h7,11H,1,8,16H2,2-6H3. The maximum Gasteiger partial charge on any atom is 0.161 e.